The number of nitrogens with zero attached hydrogens (tertiary/aromatic N) is 1. The third-order valence-corrected chi connectivity index (χ3v) is 2.20. The summed E-state index contributed by atoms with van der Waals surface area (Å²) in [6, 6.07) is 3.75. The fraction of sp³-hybridized carbons (Fsp3) is 0.364. The van der Waals surface area contributed by atoms with E-state index < -0.39 is 16.9 Å². The first-order valence-electron chi connectivity index (χ1n) is 5.24. The van der Waals surface area contributed by atoms with Crippen LogP contribution in [-0.4, -0.2) is 35.7 Å². The van der Waals surface area contributed by atoms with Gasteiger partial charge in [0.25, 0.3) is 11.6 Å². The lowest BCUT2D eigenvalue weighted by molar-refractivity contribution is -0.384. The van der Waals surface area contributed by atoms with Crippen LogP contribution in [0, 0.1) is 10.1 Å². The number of benzene rings is 1. The molecule has 0 aliphatic rings. The van der Waals surface area contributed by atoms with Crippen molar-refractivity contribution in [1.82, 2.24) is 5.32 Å². The Morgan fingerprint density at radius 1 is 1.61 bits per heavy atom. The van der Waals surface area contributed by atoms with Crippen LogP contribution in [0.2, 0.25) is 0 Å². The van der Waals surface area contributed by atoms with E-state index in [1.165, 1.54) is 26.2 Å². The molecule has 18 heavy (non-hydrogen) atoms. The average Bonchev–Trinajstić information content (AvgIpc) is 2.34. The Bertz CT molecular complexity index is 459. The second-order valence-electron chi connectivity index (χ2n) is 3.70. The summed E-state index contributed by atoms with van der Waals surface area (Å²) < 4.78 is 4.96. The van der Waals surface area contributed by atoms with E-state index >= 15 is 0 Å². The molecule has 0 aromatic heterocycles. The van der Waals surface area contributed by atoms with E-state index in [9.17, 15) is 14.9 Å². The molecule has 1 unspecified atom stereocenters. The fourth-order valence-corrected chi connectivity index (χ4v) is 1.32. The van der Waals surface area contributed by atoms with Crippen LogP contribution in [0.15, 0.2) is 18.2 Å². The van der Waals surface area contributed by atoms with E-state index in [0.29, 0.717) is 0 Å². The van der Waals surface area contributed by atoms with E-state index in [0.717, 1.165) is 6.07 Å². The van der Waals surface area contributed by atoms with Crippen LogP contribution < -0.4 is 10.1 Å². The normalized spacial score (nSPS) is 11.7. The Balaban J connectivity index is 3.00. The summed E-state index contributed by atoms with van der Waals surface area (Å²) in [4.78, 5) is 21.8. The predicted octanol–water partition coefficient (Wildman–Crippen LogP) is 0.714. The highest BCUT2D eigenvalue weighted by Gasteiger charge is 2.17. The van der Waals surface area contributed by atoms with Crippen LogP contribution in [0.5, 0.6) is 5.75 Å². The number of aliphatic hydroxyl groups is 1. The Morgan fingerprint density at radius 2 is 2.28 bits per heavy atom. The van der Waals surface area contributed by atoms with Crippen molar-refractivity contribution < 1.29 is 19.6 Å². The number of hydrogen-bond acceptors (Lipinski definition) is 5. The molecule has 7 heteroatoms. The van der Waals surface area contributed by atoms with E-state index in [2.05, 4.69) is 5.32 Å². The number of nitrogens with one attached hydrogen (secondary N) is 1. The van der Waals surface area contributed by atoms with Gasteiger partial charge in [0.1, 0.15) is 5.75 Å². The molecule has 0 spiro atoms. The first kappa shape index (κ1) is 13.9. The van der Waals surface area contributed by atoms with Crippen LogP contribution in [0.3, 0.4) is 0 Å². The maximum atomic E-state index is 11.8. The zero-order valence-corrected chi connectivity index (χ0v) is 10.0. The van der Waals surface area contributed by atoms with Crippen molar-refractivity contribution in [2.24, 2.45) is 0 Å². The molecule has 0 bridgehead atoms. The monoisotopic (exact) mass is 254 g/mol. The number of amides is 1. The molecule has 0 saturated carbocycles. The topological polar surface area (TPSA) is 102 Å². The van der Waals surface area contributed by atoms with Gasteiger partial charge in [0.05, 0.1) is 23.7 Å². The predicted molar refractivity (Wildman–Crippen MR) is 63.7 cm³/mol. The van der Waals surface area contributed by atoms with Crippen molar-refractivity contribution in [2.75, 3.05) is 13.7 Å². The first-order valence-corrected chi connectivity index (χ1v) is 5.24. The molecule has 1 rings (SSSR count). The van der Waals surface area contributed by atoms with Crippen LogP contribution in [0.25, 0.3) is 0 Å². The van der Waals surface area contributed by atoms with E-state index in [4.69, 9.17) is 9.84 Å². The van der Waals surface area contributed by atoms with Gasteiger partial charge in [-0.3, -0.25) is 14.9 Å². The summed E-state index contributed by atoms with van der Waals surface area (Å²) in [5, 5.41) is 22.1. The minimum Gasteiger partial charge on any atom is -0.496 e. The number of aliphatic hydroxyl groups excluding tert-OH is 1. The minimum absolute atomic E-state index is 0.0602. The van der Waals surface area contributed by atoms with Crippen LogP contribution in [0.1, 0.15) is 17.3 Å². The highest BCUT2D eigenvalue weighted by atomic mass is 16.6. The van der Waals surface area contributed by atoms with Crippen LogP contribution in [-0.2, 0) is 0 Å². The fourth-order valence-electron chi connectivity index (χ4n) is 1.32. The largest absolute Gasteiger partial charge is 0.496 e. The summed E-state index contributed by atoms with van der Waals surface area (Å²) in [6.45, 7) is 1.58. The summed E-state index contributed by atoms with van der Waals surface area (Å²) >= 11 is 0. The van der Waals surface area contributed by atoms with E-state index in [1.54, 1.807) is 0 Å². The molecule has 1 amide bonds. The molecule has 1 aromatic carbocycles. The molecule has 0 saturated heterocycles. The molecule has 0 aliphatic carbocycles. The highest BCUT2D eigenvalue weighted by molar-refractivity contribution is 5.97. The lowest BCUT2D eigenvalue weighted by Crippen LogP contribution is -2.30. The molecule has 0 radical (unpaired) electrons. The number of hydrogen-bond donors (Lipinski definition) is 2. The quantitative estimate of drug-likeness (QED) is 0.595. The van der Waals surface area contributed by atoms with Gasteiger partial charge < -0.3 is 15.2 Å². The number of carbonyl (C=O) groups excluding carboxylic acids is 1. The lowest BCUT2D eigenvalue weighted by Gasteiger charge is -2.10. The van der Waals surface area contributed by atoms with Gasteiger partial charge in [-0.05, 0) is 13.0 Å². The molecule has 0 heterocycles. The zero-order chi connectivity index (χ0) is 13.7. The minimum atomic E-state index is -0.696. The summed E-state index contributed by atoms with van der Waals surface area (Å²) in [6.07, 6.45) is -0.696. The molecule has 1 aromatic rings. The third-order valence-electron chi connectivity index (χ3n) is 2.20. The highest BCUT2D eigenvalue weighted by Crippen LogP contribution is 2.23. The molecule has 98 valence electrons. The molecule has 0 fully saturated rings. The molecule has 0 aliphatic heterocycles. The number of nitro benzene ring substituents is 1. The first-order chi connectivity index (χ1) is 8.45. The Labute approximate surface area is 104 Å². The average molecular weight is 254 g/mol. The lowest BCUT2D eigenvalue weighted by atomic mass is 10.1. The van der Waals surface area contributed by atoms with Gasteiger partial charge in [0, 0.05) is 18.7 Å². The number of nitro groups is 1. The van der Waals surface area contributed by atoms with Gasteiger partial charge in [-0.15, -0.1) is 0 Å². The summed E-state index contributed by atoms with van der Waals surface area (Å²) in [5.74, 6) is -0.292. The number of carbonyl (C=O) groups is 1. The summed E-state index contributed by atoms with van der Waals surface area (Å²) in [5.41, 5.74) is -0.134. The van der Waals surface area contributed by atoms with Gasteiger partial charge in [0.2, 0.25) is 0 Å². The number of methoxy groups -OCH3 is 1. The smallest absolute Gasteiger partial charge is 0.270 e. The van der Waals surface area contributed by atoms with E-state index in [1.807, 2.05) is 0 Å². The standard InChI is InChI=1S/C11H14N2O5/c1-7(14)6-12-11(15)9-5-8(13(16)17)3-4-10(9)18-2/h3-5,7,14H,6H2,1-2H3,(H,12,15). The van der Waals surface area contributed by atoms with Gasteiger partial charge in [-0.2, -0.15) is 0 Å². The number of ether oxygens (including phenoxy) is 1. The van der Waals surface area contributed by atoms with Crippen LogP contribution >= 0.6 is 0 Å². The van der Waals surface area contributed by atoms with Crippen molar-refractivity contribution in [3.8, 4) is 5.75 Å². The van der Waals surface area contributed by atoms with Gasteiger partial charge >= 0.3 is 0 Å². The van der Waals surface area contributed by atoms with Crippen molar-refractivity contribution in [1.29, 1.82) is 0 Å². The summed E-state index contributed by atoms with van der Waals surface area (Å²) in [7, 11) is 1.37. The molecular weight excluding hydrogens is 240 g/mol. The van der Waals surface area contributed by atoms with Crippen LogP contribution in [0.4, 0.5) is 5.69 Å². The zero-order valence-electron chi connectivity index (χ0n) is 10.0. The maximum absolute atomic E-state index is 11.8. The second kappa shape index (κ2) is 5.97. The molecular formula is C11H14N2O5. The van der Waals surface area contributed by atoms with Gasteiger partial charge in [0.15, 0.2) is 0 Å². The number of non-ortho nitro benzene ring substituents is 1. The SMILES string of the molecule is COc1ccc([N+](=O)[O-])cc1C(=O)NCC(C)O. The molecule has 7 nitrogen and oxygen atoms in total. The van der Waals surface area contributed by atoms with Gasteiger partial charge in [-0.1, -0.05) is 0 Å². The molecule has 1 atom stereocenters. The second-order valence-corrected chi connectivity index (χ2v) is 3.70. The van der Waals surface area contributed by atoms with Crippen molar-refractivity contribution in [3.63, 3.8) is 0 Å². The van der Waals surface area contributed by atoms with Gasteiger partial charge in [-0.25, -0.2) is 0 Å². The third kappa shape index (κ3) is 3.42. The molecule has 2 N–H and O–H groups in total. The van der Waals surface area contributed by atoms with Crippen molar-refractivity contribution in [3.05, 3.63) is 33.9 Å². The van der Waals surface area contributed by atoms with Crippen molar-refractivity contribution >= 4 is 11.6 Å². The Kier molecular flexibility index (Phi) is 4.61. The van der Waals surface area contributed by atoms with E-state index in [-0.39, 0.29) is 23.5 Å². The Hall–Kier alpha value is -2.15. The maximum Gasteiger partial charge on any atom is 0.270 e. The Morgan fingerprint density at radius 3 is 2.78 bits per heavy atom. The van der Waals surface area contributed by atoms with Crippen molar-refractivity contribution in [2.45, 2.75) is 13.0 Å². The number of rotatable bonds is 5.